The summed E-state index contributed by atoms with van der Waals surface area (Å²) in [5, 5.41) is 13.0. The molecule has 1 aliphatic heterocycles. The third-order valence-corrected chi connectivity index (χ3v) is 3.79. The van der Waals surface area contributed by atoms with Gasteiger partial charge in [-0.2, -0.15) is 0 Å². The molecule has 0 bridgehead atoms. The first-order valence-electron chi connectivity index (χ1n) is 7.04. The Morgan fingerprint density at radius 1 is 1.23 bits per heavy atom. The molecule has 11 nitrogen and oxygen atoms in total. The summed E-state index contributed by atoms with van der Waals surface area (Å²) in [6.07, 6.45) is 0. The molecule has 1 aliphatic rings. The minimum atomic E-state index is -0.873. The predicted molar refractivity (Wildman–Crippen MR) is 86.2 cm³/mol. The second-order valence-corrected chi connectivity index (χ2v) is 5.23. The zero-order valence-electron chi connectivity index (χ0n) is 13.1. The topological polar surface area (TPSA) is 164 Å². The zero-order valence-corrected chi connectivity index (χ0v) is 13.1. The Morgan fingerprint density at radius 2 is 1.92 bits per heavy atom. The number of esters is 1. The van der Waals surface area contributed by atoms with Gasteiger partial charge in [-0.3, -0.25) is 34.4 Å². The number of nitrogens with one attached hydrogen (secondary N) is 1. The number of rotatable bonds is 3. The molecule has 2 aromatic rings. The SMILES string of the molecule is COC(=O)c1ccc([N+](=O)[O-])cc1-n1c(N)c2c(cc1=O)C(=O)NC2=O. The largest absolute Gasteiger partial charge is 0.465 e. The van der Waals surface area contributed by atoms with Gasteiger partial charge in [0.25, 0.3) is 23.1 Å². The quantitative estimate of drug-likeness (QED) is 0.335. The number of nitro groups is 1. The third-order valence-electron chi connectivity index (χ3n) is 3.79. The van der Waals surface area contributed by atoms with Crippen LogP contribution in [0.4, 0.5) is 11.5 Å². The molecule has 2 heterocycles. The Hall–Kier alpha value is -4.02. The summed E-state index contributed by atoms with van der Waals surface area (Å²) in [4.78, 5) is 58.4. The van der Waals surface area contributed by atoms with Crippen molar-refractivity contribution in [1.29, 1.82) is 0 Å². The fraction of sp³-hybridized carbons (Fsp3) is 0.0667. The van der Waals surface area contributed by atoms with Crippen LogP contribution in [0.2, 0.25) is 0 Å². The van der Waals surface area contributed by atoms with Gasteiger partial charge in [-0.15, -0.1) is 0 Å². The fourth-order valence-corrected chi connectivity index (χ4v) is 2.63. The van der Waals surface area contributed by atoms with Crippen LogP contribution in [0.15, 0.2) is 29.1 Å². The molecule has 0 radical (unpaired) electrons. The molecule has 2 amide bonds. The maximum Gasteiger partial charge on any atom is 0.340 e. The van der Waals surface area contributed by atoms with E-state index >= 15 is 0 Å². The molecule has 1 aromatic heterocycles. The number of aromatic nitrogens is 1. The first-order valence-corrected chi connectivity index (χ1v) is 7.04. The molecule has 0 spiro atoms. The second-order valence-electron chi connectivity index (χ2n) is 5.23. The van der Waals surface area contributed by atoms with Crippen LogP contribution in [0.3, 0.4) is 0 Å². The number of carbonyl (C=O) groups is 3. The number of anilines is 1. The van der Waals surface area contributed by atoms with Crippen molar-refractivity contribution in [2.24, 2.45) is 0 Å². The van der Waals surface area contributed by atoms with E-state index in [2.05, 4.69) is 4.74 Å². The number of carbonyl (C=O) groups excluding carboxylic acids is 3. The number of methoxy groups -OCH3 is 1. The van der Waals surface area contributed by atoms with Crippen molar-refractivity contribution in [3.63, 3.8) is 0 Å². The van der Waals surface area contributed by atoms with Gasteiger partial charge in [0.05, 0.1) is 34.4 Å². The molecule has 0 saturated carbocycles. The monoisotopic (exact) mass is 358 g/mol. The highest BCUT2D eigenvalue weighted by Crippen LogP contribution is 2.27. The number of pyridine rings is 1. The van der Waals surface area contributed by atoms with E-state index in [1.165, 1.54) is 0 Å². The molecule has 0 unspecified atom stereocenters. The number of ether oxygens (including phenoxy) is 1. The van der Waals surface area contributed by atoms with E-state index in [9.17, 15) is 29.3 Å². The lowest BCUT2D eigenvalue weighted by Crippen LogP contribution is -2.26. The summed E-state index contributed by atoms with van der Waals surface area (Å²) in [5.41, 5.74) is 3.73. The number of fused-ring (bicyclic) bond motifs is 1. The fourth-order valence-electron chi connectivity index (χ4n) is 2.63. The number of nitrogens with two attached hydrogens (primary N) is 1. The molecule has 0 saturated heterocycles. The number of nitro benzene ring substituents is 1. The lowest BCUT2D eigenvalue weighted by molar-refractivity contribution is -0.384. The molecule has 132 valence electrons. The van der Waals surface area contributed by atoms with Crippen molar-refractivity contribution in [2.45, 2.75) is 0 Å². The Labute approximate surface area is 144 Å². The summed E-state index contributed by atoms with van der Waals surface area (Å²) in [5.74, 6) is -2.90. The van der Waals surface area contributed by atoms with Crippen molar-refractivity contribution in [1.82, 2.24) is 9.88 Å². The van der Waals surface area contributed by atoms with Gasteiger partial charge in [0.1, 0.15) is 5.82 Å². The number of hydrogen-bond donors (Lipinski definition) is 2. The van der Waals surface area contributed by atoms with Crippen molar-refractivity contribution in [2.75, 3.05) is 12.8 Å². The lowest BCUT2D eigenvalue weighted by atomic mass is 10.1. The maximum absolute atomic E-state index is 12.5. The van der Waals surface area contributed by atoms with Crippen LogP contribution < -0.4 is 16.6 Å². The van der Waals surface area contributed by atoms with E-state index in [0.717, 1.165) is 35.9 Å². The minimum absolute atomic E-state index is 0.184. The summed E-state index contributed by atoms with van der Waals surface area (Å²) in [7, 11) is 1.09. The first-order chi connectivity index (χ1) is 12.3. The average Bonchev–Trinajstić information content (AvgIpc) is 2.87. The molecule has 3 N–H and O–H groups in total. The summed E-state index contributed by atoms with van der Waals surface area (Å²) in [6, 6.07) is 3.97. The molecule has 3 rings (SSSR count). The lowest BCUT2D eigenvalue weighted by Gasteiger charge is -2.14. The number of non-ortho nitro benzene ring substituents is 1. The molecule has 0 fully saturated rings. The number of nitrogens with zero attached hydrogens (tertiary/aromatic N) is 2. The van der Waals surface area contributed by atoms with Gasteiger partial charge in [-0.1, -0.05) is 0 Å². The number of nitrogen functional groups attached to an aromatic ring is 1. The number of benzene rings is 1. The van der Waals surface area contributed by atoms with Crippen LogP contribution in [-0.4, -0.2) is 34.4 Å². The maximum atomic E-state index is 12.5. The van der Waals surface area contributed by atoms with Crippen LogP contribution in [0.25, 0.3) is 5.69 Å². The van der Waals surface area contributed by atoms with Gasteiger partial charge in [0, 0.05) is 18.2 Å². The van der Waals surface area contributed by atoms with Gasteiger partial charge in [0.2, 0.25) is 0 Å². The Morgan fingerprint density at radius 3 is 2.54 bits per heavy atom. The molecule has 0 atom stereocenters. The number of amides is 2. The minimum Gasteiger partial charge on any atom is -0.465 e. The van der Waals surface area contributed by atoms with E-state index < -0.39 is 39.8 Å². The molecular formula is C15H10N4O7. The van der Waals surface area contributed by atoms with Crippen LogP contribution in [0.1, 0.15) is 31.1 Å². The molecule has 0 aliphatic carbocycles. The van der Waals surface area contributed by atoms with E-state index in [1.807, 2.05) is 5.32 Å². The van der Waals surface area contributed by atoms with Gasteiger partial charge >= 0.3 is 5.97 Å². The standard InChI is InChI=1S/C15H10N4O7/c1-26-15(23)7-3-2-6(19(24)25)4-9(7)18-10(20)5-8-11(12(18)16)14(22)17-13(8)21/h2-5H,16H2,1H3,(H,17,21,22). The van der Waals surface area contributed by atoms with E-state index in [1.54, 1.807) is 0 Å². The van der Waals surface area contributed by atoms with Crippen LogP contribution in [0, 0.1) is 10.1 Å². The third kappa shape index (κ3) is 2.38. The van der Waals surface area contributed by atoms with Crippen molar-refractivity contribution in [3.05, 3.63) is 61.4 Å². The molecule has 26 heavy (non-hydrogen) atoms. The highest BCUT2D eigenvalue weighted by Gasteiger charge is 2.33. The second kappa shape index (κ2) is 5.81. The van der Waals surface area contributed by atoms with Gasteiger partial charge in [0.15, 0.2) is 0 Å². The summed E-state index contributed by atoms with van der Waals surface area (Å²) >= 11 is 0. The van der Waals surface area contributed by atoms with Gasteiger partial charge in [-0.25, -0.2) is 4.79 Å². The average molecular weight is 358 g/mol. The predicted octanol–water partition coefficient (Wildman–Crippen LogP) is -0.00190. The highest BCUT2D eigenvalue weighted by atomic mass is 16.6. The molecule has 1 aromatic carbocycles. The molecular weight excluding hydrogens is 348 g/mol. The van der Waals surface area contributed by atoms with Crippen LogP contribution >= 0.6 is 0 Å². The number of imide groups is 1. The summed E-state index contributed by atoms with van der Waals surface area (Å²) in [6.45, 7) is 0. The van der Waals surface area contributed by atoms with Gasteiger partial charge < -0.3 is 10.5 Å². The van der Waals surface area contributed by atoms with E-state index in [4.69, 9.17) is 5.73 Å². The summed E-state index contributed by atoms with van der Waals surface area (Å²) < 4.78 is 5.36. The Kier molecular flexibility index (Phi) is 3.76. The zero-order chi connectivity index (χ0) is 19.2. The normalized spacial score (nSPS) is 12.5. The van der Waals surface area contributed by atoms with Gasteiger partial charge in [-0.05, 0) is 6.07 Å². The smallest absolute Gasteiger partial charge is 0.340 e. The van der Waals surface area contributed by atoms with E-state index in [0.29, 0.717) is 0 Å². The first kappa shape index (κ1) is 16.8. The van der Waals surface area contributed by atoms with Crippen molar-refractivity contribution >= 4 is 29.3 Å². The highest BCUT2D eigenvalue weighted by molar-refractivity contribution is 6.23. The van der Waals surface area contributed by atoms with Crippen LogP contribution in [-0.2, 0) is 4.74 Å². The Bertz CT molecular complexity index is 1070. The van der Waals surface area contributed by atoms with Crippen molar-refractivity contribution < 1.29 is 24.0 Å². The molecule has 11 heteroatoms. The van der Waals surface area contributed by atoms with Crippen molar-refractivity contribution in [3.8, 4) is 5.69 Å². The Balaban J connectivity index is 2.39. The van der Waals surface area contributed by atoms with E-state index in [-0.39, 0.29) is 22.4 Å². The number of hydrogen-bond acceptors (Lipinski definition) is 8. The van der Waals surface area contributed by atoms with Crippen LogP contribution in [0.5, 0.6) is 0 Å².